The fourth-order valence-corrected chi connectivity index (χ4v) is 2.38. The molecule has 0 aliphatic rings. The standard InChI is InChI=1S/C19H26FN5.HI/c1-5-21-19(25(4)14-15-6-8-17(20)9-7-15)23-13-16-10-11-22-18(12-16)24(2)3;/h6-12H,5,13-14H2,1-4H3,(H,21,23);1H. The molecule has 0 spiro atoms. The van der Waals surface area contributed by atoms with Crippen molar-refractivity contribution in [1.82, 2.24) is 15.2 Å². The molecule has 0 aliphatic carbocycles. The van der Waals surface area contributed by atoms with Gasteiger partial charge in [-0.1, -0.05) is 12.1 Å². The van der Waals surface area contributed by atoms with Crippen LogP contribution < -0.4 is 10.2 Å². The summed E-state index contributed by atoms with van der Waals surface area (Å²) in [6.45, 7) is 4.05. The molecule has 142 valence electrons. The minimum atomic E-state index is -0.221. The molecule has 0 fully saturated rings. The summed E-state index contributed by atoms with van der Waals surface area (Å²) in [5, 5.41) is 3.30. The van der Waals surface area contributed by atoms with Gasteiger partial charge in [0.25, 0.3) is 0 Å². The molecule has 0 unspecified atom stereocenters. The molecular formula is C19H27FIN5. The molecule has 1 N–H and O–H groups in total. The highest BCUT2D eigenvalue weighted by Crippen LogP contribution is 2.11. The van der Waals surface area contributed by atoms with Gasteiger partial charge in [-0.15, -0.1) is 24.0 Å². The first-order valence-electron chi connectivity index (χ1n) is 8.35. The van der Waals surface area contributed by atoms with Gasteiger partial charge >= 0.3 is 0 Å². The van der Waals surface area contributed by atoms with Gasteiger partial charge in [0.2, 0.25) is 0 Å². The molecule has 0 saturated heterocycles. The van der Waals surface area contributed by atoms with Crippen LogP contribution in [0.1, 0.15) is 18.1 Å². The molecule has 26 heavy (non-hydrogen) atoms. The Hall–Kier alpha value is -1.90. The maximum Gasteiger partial charge on any atom is 0.194 e. The summed E-state index contributed by atoms with van der Waals surface area (Å²) in [5.41, 5.74) is 2.14. The number of pyridine rings is 1. The number of halogens is 2. The van der Waals surface area contributed by atoms with Gasteiger partial charge < -0.3 is 15.1 Å². The first-order valence-corrected chi connectivity index (χ1v) is 8.35. The smallest absolute Gasteiger partial charge is 0.194 e. The molecule has 0 radical (unpaired) electrons. The highest BCUT2D eigenvalue weighted by Gasteiger charge is 2.07. The van der Waals surface area contributed by atoms with Crippen molar-refractivity contribution in [2.45, 2.75) is 20.0 Å². The summed E-state index contributed by atoms with van der Waals surface area (Å²) in [6.07, 6.45) is 1.80. The summed E-state index contributed by atoms with van der Waals surface area (Å²) in [6, 6.07) is 10.6. The lowest BCUT2D eigenvalue weighted by molar-refractivity contribution is 0.476. The minimum absolute atomic E-state index is 0. The number of rotatable bonds is 6. The van der Waals surface area contributed by atoms with Crippen LogP contribution in [0.3, 0.4) is 0 Å². The predicted octanol–water partition coefficient (Wildman–Crippen LogP) is 3.50. The molecule has 1 aromatic heterocycles. The topological polar surface area (TPSA) is 43.8 Å². The Morgan fingerprint density at radius 2 is 1.81 bits per heavy atom. The monoisotopic (exact) mass is 471 g/mol. The molecule has 2 rings (SSSR count). The van der Waals surface area contributed by atoms with Crippen LogP contribution in [-0.4, -0.2) is 43.5 Å². The van der Waals surface area contributed by atoms with E-state index in [1.807, 2.05) is 50.0 Å². The number of hydrogen-bond donors (Lipinski definition) is 1. The number of aromatic nitrogens is 1. The van der Waals surface area contributed by atoms with Gasteiger partial charge in [-0.3, -0.25) is 0 Å². The minimum Gasteiger partial charge on any atom is -0.363 e. The molecular weight excluding hydrogens is 444 g/mol. The molecule has 7 heteroatoms. The van der Waals surface area contributed by atoms with Gasteiger partial charge in [0.15, 0.2) is 5.96 Å². The Balaban J connectivity index is 0.00000338. The second kappa shape index (κ2) is 10.9. The van der Waals surface area contributed by atoms with Crippen LogP contribution in [0.4, 0.5) is 10.2 Å². The Kier molecular flexibility index (Phi) is 9.32. The lowest BCUT2D eigenvalue weighted by Gasteiger charge is -2.22. The van der Waals surface area contributed by atoms with Gasteiger partial charge in [-0.2, -0.15) is 0 Å². The number of nitrogens with one attached hydrogen (secondary N) is 1. The zero-order chi connectivity index (χ0) is 18.2. The van der Waals surface area contributed by atoms with Crippen molar-refractivity contribution in [3.8, 4) is 0 Å². The van der Waals surface area contributed by atoms with Crippen molar-refractivity contribution in [3.63, 3.8) is 0 Å². The Labute approximate surface area is 172 Å². The van der Waals surface area contributed by atoms with Crippen LogP contribution in [0.2, 0.25) is 0 Å². The molecule has 1 heterocycles. The molecule has 0 atom stereocenters. The summed E-state index contributed by atoms with van der Waals surface area (Å²) >= 11 is 0. The fourth-order valence-electron chi connectivity index (χ4n) is 2.38. The molecule has 0 amide bonds. The number of aliphatic imine (C=N–C) groups is 1. The second-order valence-corrected chi connectivity index (χ2v) is 6.07. The fraction of sp³-hybridized carbons (Fsp3) is 0.368. The van der Waals surface area contributed by atoms with Crippen molar-refractivity contribution in [1.29, 1.82) is 0 Å². The quantitative estimate of drug-likeness (QED) is 0.398. The van der Waals surface area contributed by atoms with Crippen molar-refractivity contribution < 1.29 is 4.39 Å². The highest BCUT2D eigenvalue weighted by atomic mass is 127. The number of guanidine groups is 1. The van der Waals surface area contributed by atoms with E-state index in [9.17, 15) is 4.39 Å². The first kappa shape index (κ1) is 22.1. The van der Waals surface area contributed by atoms with E-state index in [0.29, 0.717) is 13.1 Å². The Bertz CT molecular complexity index is 703. The molecule has 5 nitrogen and oxygen atoms in total. The average molecular weight is 471 g/mol. The van der Waals surface area contributed by atoms with Crippen LogP contribution >= 0.6 is 24.0 Å². The van der Waals surface area contributed by atoms with Gasteiger partial charge in [0, 0.05) is 40.4 Å². The van der Waals surface area contributed by atoms with Crippen molar-refractivity contribution in [2.24, 2.45) is 4.99 Å². The van der Waals surface area contributed by atoms with Crippen LogP contribution in [0.25, 0.3) is 0 Å². The average Bonchev–Trinajstić information content (AvgIpc) is 2.60. The van der Waals surface area contributed by atoms with E-state index in [-0.39, 0.29) is 29.8 Å². The Morgan fingerprint density at radius 1 is 1.12 bits per heavy atom. The van der Waals surface area contributed by atoms with E-state index in [0.717, 1.165) is 29.4 Å². The summed E-state index contributed by atoms with van der Waals surface area (Å²) < 4.78 is 13.0. The maximum atomic E-state index is 13.0. The SMILES string of the molecule is CCNC(=NCc1ccnc(N(C)C)c1)N(C)Cc1ccc(F)cc1.I. The molecule has 0 bridgehead atoms. The summed E-state index contributed by atoms with van der Waals surface area (Å²) in [7, 11) is 5.91. The predicted molar refractivity (Wildman–Crippen MR) is 117 cm³/mol. The van der Waals surface area contributed by atoms with Crippen LogP contribution in [0.15, 0.2) is 47.6 Å². The van der Waals surface area contributed by atoms with Crippen LogP contribution in [0.5, 0.6) is 0 Å². The molecule has 0 aliphatic heterocycles. The number of anilines is 1. The largest absolute Gasteiger partial charge is 0.363 e. The maximum absolute atomic E-state index is 13.0. The third-order valence-electron chi connectivity index (χ3n) is 3.71. The zero-order valence-corrected chi connectivity index (χ0v) is 18.1. The van der Waals surface area contributed by atoms with Crippen molar-refractivity contribution >= 4 is 35.8 Å². The van der Waals surface area contributed by atoms with Crippen LogP contribution in [0, 0.1) is 5.82 Å². The van der Waals surface area contributed by atoms with Crippen LogP contribution in [-0.2, 0) is 13.1 Å². The lowest BCUT2D eigenvalue weighted by Crippen LogP contribution is -2.38. The molecule has 1 aromatic carbocycles. The van der Waals surface area contributed by atoms with Crippen molar-refractivity contribution in [3.05, 3.63) is 59.5 Å². The third kappa shape index (κ3) is 6.78. The normalized spacial score (nSPS) is 10.9. The molecule has 0 saturated carbocycles. The summed E-state index contributed by atoms with van der Waals surface area (Å²) in [4.78, 5) is 13.0. The summed E-state index contributed by atoms with van der Waals surface area (Å²) in [5.74, 6) is 1.51. The first-order chi connectivity index (χ1) is 12.0. The van der Waals surface area contributed by atoms with E-state index in [2.05, 4.69) is 10.3 Å². The van der Waals surface area contributed by atoms with Gasteiger partial charge in [-0.25, -0.2) is 14.4 Å². The number of nitrogens with zero attached hydrogens (tertiary/aromatic N) is 4. The van der Waals surface area contributed by atoms with Gasteiger partial charge in [-0.05, 0) is 42.3 Å². The van der Waals surface area contributed by atoms with Crippen molar-refractivity contribution in [2.75, 3.05) is 32.6 Å². The highest BCUT2D eigenvalue weighted by molar-refractivity contribution is 14.0. The second-order valence-electron chi connectivity index (χ2n) is 6.07. The van der Waals surface area contributed by atoms with E-state index in [4.69, 9.17) is 4.99 Å². The van der Waals surface area contributed by atoms with Gasteiger partial charge in [0.05, 0.1) is 6.54 Å². The number of hydrogen-bond acceptors (Lipinski definition) is 3. The Morgan fingerprint density at radius 3 is 2.42 bits per heavy atom. The van der Waals surface area contributed by atoms with E-state index in [1.54, 1.807) is 18.3 Å². The molecule has 2 aromatic rings. The number of benzene rings is 1. The zero-order valence-electron chi connectivity index (χ0n) is 15.7. The van der Waals surface area contributed by atoms with E-state index >= 15 is 0 Å². The van der Waals surface area contributed by atoms with E-state index < -0.39 is 0 Å². The third-order valence-corrected chi connectivity index (χ3v) is 3.71. The lowest BCUT2D eigenvalue weighted by atomic mass is 10.2. The van der Waals surface area contributed by atoms with E-state index in [1.165, 1.54) is 12.1 Å². The van der Waals surface area contributed by atoms with Gasteiger partial charge in [0.1, 0.15) is 11.6 Å².